The Balaban J connectivity index is 2.14. The minimum atomic E-state index is -0.105. The van der Waals surface area contributed by atoms with Gasteiger partial charge in [0, 0.05) is 15.4 Å². The van der Waals surface area contributed by atoms with Crippen molar-refractivity contribution in [2.75, 3.05) is 0 Å². The standard InChI is InChI=1S/C16H12Cl2N4OS/c17-10-6-5-9(12(18)7-10)8-22-13-4-2-1-3-11(13)14(15(22)23)20-21-16(19)24/h1-7,23H,8H2,(H2,19,24). The molecule has 0 spiro atoms. The number of benzene rings is 2. The topological polar surface area (TPSA) is 75.9 Å². The maximum absolute atomic E-state index is 10.6. The van der Waals surface area contributed by atoms with Gasteiger partial charge in [-0.15, -0.1) is 10.2 Å². The highest BCUT2D eigenvalue weighted by Gasteiger charge is 2.17. The summed E-state index contributed by atoms with van der Waals surface area (Å²) in [6.45, 7) is 0.352. The summed E-state index contributed by atoms with van der Waals surface area (Å²) in [7, 11) is 0. The van der Waals surface area contributed by atoms with E-state index in [-0.39, 0.29) is 11.0 Å². The van der Waals surface area contributed by atoms with E-state index in [1.807, 2.05) is 30.3 Å². The highest BCUT2D eigenvalue weighted by Crippen LogP contribution is 2.39. The van der Waals surface area contributed by atoms with Gasteiger partial charge >= 0.3 is 0 Å². The maximum Gasteiger partial charge on any atom is 0.221 e. The van der Waals surface area contributed by atoms with Crippen LogP contribution < -0.4 is 5.73 Å². The summed E-state index contributed by atoms with van der Waals surface area (Å²) in [6.07, 6.45) is 0. The van der Waals surface area contributed by atoms with E-state index in [0.717, 1.165) is 16.5 Å². The molecule has 0 unspecified atom stereocenters. The SMILES string of the molecule is NC(=S)N=Nc1c(O)n(Cc2ccc(Cl)cc2Cl)c2ccccc12. The second-order valence-electron chi connectivity index (χ2n) is 5.05. The van der Waals surface area contributed by atoms with Gasteiger partial charge in [-0.2, -0.15) is 0 Å². The van der Waals surface area contributed by atoms with E-state index >= 15 is 0 Å². The Kier molecular flexibility index (Phi) is 4.71. The zero-order valence-electron chi connectivity index (χ0n) is 12.3. The Morgan fingerprint density at radius 1 is 1.21 bits per heavy atom. The van der Waals surface area contributed by atoms with Gasteiger partial charge in [-0.05, 0) is 36.0 Å². The van der Waals surface area contributed by atoms with Crippen LogP contribution in [0.25, 0.3) is 10.9 Å². The van der Waals surface area contributed by atoms with E-state index in [2.05, 4.69) is 10.2 Å². The van der Waals surface area contributed by atoms with Gasteiger partial charge in [0.2, 0.25) is 11.0 Å². The van der Waals surface area contributed by atoms with Gasteiger partial charge in [-0.1, -0.05) is 47.5 Å². The number of hydrogen-bond acceptors (Lipinski definition) is 3. The molecule has 3 N–H and O–H groups in total. The van der Waals surface area contributed by atoms with Crippen molar-refractivity contribution in [3.63, 3.8) is 0 Å². The van der Waals surface area contributed by atoms with Crippen molar-refractivity contribution in [1.82, 2.24) is 4.57 Å². The summed E-state index contributed by atoms with van der Waals surface area (Å²) in [5, 5.41) is 19.9. The molecule has 0 atom stereocenters. The predicted molar refractivity (Wildman–Crippen MR) is 100 cm³/mol. The molecule has 1 aromatic heterocycles. The van der Waals surface area contributed by atoms with Gasteiger partial charge < -0.3 is 15.4 Å². The average molecular weight is 379 g/mol. The van der Waals surface area contributed by atoms with Crippen LogP contribution in [0.15, 0.2) is 52.7 Å². The van der Waals surface area contributed by atoms with Gasteiger partial charge in [0.1, 0.15) is 0 Å². The van der Waals surface area contributed by atoms with Crippen molar-refractivity contribution in [3.8, 4) is 5.88 Å². The molecule has 0 aliphatic carbocycles. The molecular weight excluding hydrogens is 367 g/mol. The second kappa shape index (κ2) is 6.76. The van der Waals surface area contributed by atoms with Crippen LogP contribution in [0.2, 0.25) is 10.0 Å². The Hall–Kier alpha value is -2.15. The quantitative estimate of drug-likeness (QED) is 0.495. The van der Waals surface area contributed by atoms with Crippen molar-refractivity contribution in [3.05, 3.63) is 58.1 Å². The molecule has 0 amide bonds. The average Bonchev–Trinajstić information content (AvgIpc) is 2.80. The minimum Gasteiger partial charge on any atom is -0.493 e. The van der Waals surface area contributed by atoms with Crippen molar-refractivity contribution in [2.45, 2.75) is 6.54 Å². The fourth-order valence-electron chi connectivity index (χ4n) is 2.45. The molecule has 24 heavy (non-hydrogen) atoms. The third-order valence-electron chi connectivity index (χ3n) is 3.51. The van der Waals surface area contributed by atoms with Crippen LogP contribution in [0.5, 0.6) is 5.88 Å². The van der Waals surface area contributed by atoms with Crippen LogP contribution >= 0.6 is 35.4 Å². The molecule has 2 aromatic carbocycles. The zero-order valence-corrected chi connectivity index (χ0v) is 14.6. The van der Waals surface area contributed by atoms with E-state index in [4.69, 9.17) is 41.2 Å². The molecular formula is C16H12Cl2N4OS. The molecule has 1 heterocycles. The van der Waals surface area contributed by atoms with E-state index in [9.17, 15) is 5.11 Å². The van der Waals surface area contributed by atoms with Crippen LogP contribution in [0, 0.1) is 0 Å². The van der Waals surface area contributed by atoms with Gasteiger partial charge in [0.25, 0.3) is 0 Å². The number of nitrogens with two attached hydrogens (primary N) is 1. The van der Waals surface area contributed by atoms with Crippen molar-refractivity contribution < 1.29 is 5.11 Å². The van der Waals surface area contributed by atoms with Gasteiger partial charge in [0.15, 0.2) is 5.69 Å². The van der Waals surface area contributed by atoms with Crippen LogP contribution in [-0.2, 0) is 6.54 Å². The first-order valence-corrected chi connectivity index (χ1v) is 8.09. The number of thiocarbonyl (C=S) groups is 1. The number of nitrogens with zero attached hydrogens (tertiary/aromatic N) is 3. The Morgan fingerprint density at radius 2 is 1.96 bits per heavy atom. The molecule has 122 valence electrons. The molecule has 0 radical (unpaired) electrons. The number of rotatable bonds is 3. The maximum atomic E-state index is 10.6. The lowest BCUT2D eigenvalue weighted by Gasteiger charge is -2.09. The lowest BCUT2D eigenvalue weighted by atomic mass is 10.2. The summed E-state index contributed by atoms with van der Waals surface area (Å²) < 4.78 is 1.69. The molecule has 0 fully saturated rings. The molecule has 3 aromatic rings. The van der Waals surface area contributed by atoms with Gasteiger partial charge in [-0.3, -0.25) is 0 Å². The monoisotopic (exact) mass is 378 g/mol. The zero-order chi connectivity index (χ0) is 17.3. The first-order chi connectivity index (χ1) is 11.5. The van der Waals surface area contributed by atoms with E-state index in [1.165, 1.54) is 0 Å². The fraction of sp³-hybridized carbons (Fsp3) is 0.0625. The molecule has 0 aliphatic rings. The van der Waals surface area contributed by atoms with Crippen molar-refractivity contribution in [1.29, 1.82) is 0 Å². The van der Waals surface area contributed by atoms with E-state index < -0.39 is 0 Å². The van der Waals surface area contributed by atoms with Crippen molar-refractivity contribution >= 4 is 57.1 Å². The third-order valence-corrected chi connectivity index (χ3v) is 4.18. The number of aromatic hydroxyl groups is 1. The summed E-state index contributed by atoms with van der Waals surface area (Å²) in [5.74, 6) is -0.0396. The highest BCUT2D eigenvalue weighted by atomic mass is 35.5. The van der Waals surface area contributed by atoms with Gasteiger partial charge in [0.05, 0.1) is 12.1 Å². The lowest BCUT2D eigenvalue weighted by molar-refractivity contribution is 0.429. The fourth-order valence-corrected chi connectivity index (χ4v) is 2.96. The second-order valence-corrected chi connectivity index (χ2v) is 6.31. The largest absolute Gasteiger partial charge is 0.493 e. The Labute approximate surface area is 153 Å². The normalized spacial score (nSPS) is 11.4. The molecule has 0 aliphatic heterocycles. The number of para-hydroxylation sites is 1. The minimum absolute atomic E-state index is 0.0396. The Bertz CT molecular complexity index is 968. The van der Waals surface area contributed by atoms with Crippen LogP contribution in [-0.4, -0.2) is 14.8 Å². The lowest BCUT2D eigenvalue weighted by Crippen LogP contribution is -2.01. The van der Waals surface area contributed by atoms with Crippen LogP contribution in [0.4, 0.5) is 5.69 Å². The predicted octanol–water partition coefficient (Wildman–Crippen LogP) is 5.03. The summed E-state index contributed by atoms with van der Waals surface area (Å²) >= 11 is 16.9. The highest BCUT2D eigenvalue weighted by molar-refractivity contribution is 7.80. The number of hydrogen-bond donors (Lipinski definition) is 2. The molecule has 5 nitrogen and oxygen atoms in total. The number of halogens is 2. The molecule has 0 saturated carbocycles. The van der Waals surface area contributed by atoms with Crippen LogP contribution in [0.1, 0.15) is 5.56 Å². The summed E-state index contributed by atoms with van der Waals surface area (Å²) in [5.41, 5.74) is 7.26. The first kappa shape index (κ1) is 16.7. The van der Waals surface area contributed by atoms with Crippen LogP contribution in [0.3, 0.4) is 0 Å². The molecule has 0 bridgehead atoms. The Morgan fingerprint density at radius 3 is 2.67 bits per heavy atom. The van der Waals surface area contributed by atoms with E-state index in [1.54, 1.807) is 16.7 Å². The third kappa shape index (κ3) is 3.21. The molecule has 8 heteroatoms. The van der Waals surface area contributed by atoms with E-state index in [0.29, 0.717) is 22.3 Å². The molecule has 0 saturated heterocycles. The number of azo groups is 1. The first-order valence-electron chi connectivity index (χ1n) is 6.92. The molecule has 3 rings (SSSR count). The number of fused-ring (bicyclic) bond motifs is 1. The summed E-state index contributed by atoms with van der Waals surface area (Å²) in [6, 6.07) is 12.7. The summed E-state index contributed by atoms with van der Waals surface area (Å²) in [4.78, 5) is 0. The van der Waals surface area contributed by atoms with Crippen molar-refractivity contribution in [2.24, 2.45) is 16.0 Å². The van der Waals surface area contributed by atoms with Gasteiger partial charge in [-0.25, -0.2) is 0 Å². The number of aromatic nitrogens is 1. The smallest absolute Gasteiger partial charge is 0.221 e.